The Morgan fingerprint density at radius 2 is 2.05 bits per heavy atom. The van der Waals surface area contributed by atoms with Gasteiger partial charge in [0.05, 0.1) is 38.9 Å². The molecule has 0 spiro atoms. The predicted octanol–water partition coefficient (Wildman–Crippen LogP) is 3.27. The molecule has 4 nitrogen and oxygen atoms in total. The van der Waals surface area contributed by atoms with Crippen LogP contribution in [0.25, 0.3) is 0 Å². The van der Waals surface area contributed by atoms with Gasteiger partial charge in [0.2, 0.25) is 0 Å². The molecule has 1 aromatic carbocycles. The third-order valence-corrected chi connectivity index (χ3v) is 4.90. The molecule has 1 atom stereocenters. The summed E-state index contributed by atoms with van der Waals surface area (Å²) in [6, 6.07) is 6.17. The number of nitrogens with two attached hydrogens (primary N) is 1. The molecule has 0 aliphatic rings. The summed E-state index contributed by atoms with van der Waals surface area (Å²) in [4.78, 5) is 0.452. The lowest BCUT2D eigenvalue weighted by Gasteiger charge is -2.12. The van der Waals surface area contributed by atoms with Crippen LogP contribution >= 0.6 is 0 Å². The molecule has 0 amide bonds. The molecule has 114 valence electrons. The molecule has 0 saturated carbocycles. The van der Waals surface area contributed by atoms with E-state index in [1.807, 2.05) is 16.9 Å². The van der Waals surface area contributed by atoms with Gasteiger partial charge in [-0.05, 0) is 37.1 Å². The van der Waals surface area contributed by atoms with E-state index in [-0.39, 0.29) is 11.4 Å². The lowest BCUT2D eigenvalue weighted by atomic mass is 10.2. The van der Waals surface area contributed by atoms with Gasteiger partial charge in [0.15, 0.2) is 0 Å². The van der Waals surface area contributed by atoms with Gasteiger partial charge in [0.1, 0.15) is 5.82 Å². The van der Waals surface area contributed by atoms with Crippen LogP contribution < -0.4 is 5.73 Å². The Morgan fingerprint density at radius 1 is 1.33 bits per heavy atom. The zero-order valence-corrected chi connectivity index (χ0v) is 13.1. The van der Waals surface area contributed by atoms with E-state index in [4.69, 9.17) is 5.73 Å². The van der Waals surface area contributed by atoms with Crippen LogP contribution in [0.1, 0.15) is 38.4 Å². The summed E-state index contributed by atoms with van der Waals surface area (Å²) < 4.78 is 27.3. The third-order valence-electron chi connectivity index (χ3n) is 3.48. The Balaban J connectivity index is 2.13. The van der Waals surface area contributed by atoms with Gasteiger partial charge in [-0.15, -0.1) is 0 Å². The first-order valence-corrected chi connectivity index (χ1v) is 8.34. The standard InChI is InChI=1S/C15H20FN3OS/c1-3-13(4-2)19-8-7-12(18-19)10-21(20)15-6-5-11(16)9-14(15)17/h5-9,13H,3-4,10,17H2,1-2H3. The van der Waals surface area contributed by atoms with Gasteiger partial charge in [-0.1, -0.05) is 13.8 Å². The lowest BCUT2D eigenvalue weighted by molar-refractivity contribution is 0.426. The maximum absolute atomic E-state index is 13.0. The average molecular weight is 309 g/mol. The number of nitrogen functional groups attached to an aromatic ring is 1. The Morgan fingerprint density at radius 3 is 2.67 bits per heavy atom. The molecule has 1 aromatic heterocycles. The van der Waals surface area contributed by atoms with E-state index in [9.17, 15) is 8.60 Å². The fourth-order valence-electron chi connectivity index (χ4n) is 2.26. The average Bonchev–Trinajstić information content (AvgIpc) is 2.88. The molecule has 0 saturated heterocycles. The maximum atomic E-state index is 13.0. The Hall–Kier alpha value is -1.69. The number of nitrogens with zero attached hydrogens (tertiary/aromatic N) is 2. The summed E-state index contributed by atoms with van der Waals surface area (Å²) in [6.45, 7) is 4.24. The van der Waals surface area contributed by atoms with Gasteiger partial charge in [0, 0.05) is 6.20 Å². The van der Waals surface area contributed by atoms with E-state index in [1.165, 1.54) is 18.2 Å². The highest BCUT2D eigenvalue weighted by Crippen LogP contribution is 2.21. The molecular weight excluding hydrogens is 289 g/mol. The molecule has 2 N–H and O–H groups in total. The number of benzene rings is 1. The van der Waals surface area contributed by atoms with Gasteiger partial charge in [0.25, 0.3) is 0 Å². The van der Waals surface area contributed by atoms with Crippen LogP contribution in [0.4, 0.5) is 10.1 Å². The van der Waals surface area contributed by atoms with Gasteiger partial charge in [-0.25, -0.2) is 4.39 Å². The number of rotatable bonds is 6. The fourth-order valence-corrected chi connectivity index (χ4v) is 3.38. The van der Waals surface area contributed by atoms with Crippen molar-refractivity contribution in [1.29, 1.82) is 0 Å². The topological polar surface area (TPSA) is 60.9 Å². The summed E-state index contributed by atoms with van der Waals surface area (Å²) in [5.41, 5.74) is 6.68. The molecule has 2 rings (SSSR count). The van der Waals surface area contributed by atoms with Gasteiger partial charge in [-0.2, -0.15) is 5.10 Å². The molecule has 2 aromatic rings. The second kappa shape index (κ2) is 6.85. The molecule has 0 aliphatic heterocycles. The highest BCUT2D eigenvalue weighted by Gasteiger charge is 2.13. The second-order valence-corrected chi connectivity index (χ2v) is 6.35. The molecule has 0 radical (unpaired) electrons. The second-order valence-electron chi connectivity index (χ2n) is 4.93. The highest BCUT2D eigenvalue weighted by molar-refractivity contribution is 7.84. The first kappa shape index (κ1) is 15.7. The van der Waals surface area contributed by atoms with Gasteiger partial charge < -0.3 is 5.73 Å². The lowest BCUT2D eigenvalue weighted by Crippen LogP contribution is -2.08. The number of aromatic nitrogens is 2. The van der Waals surface area contributed by atoms with E-state index in [2.05, 4.69) is 18.9 Å². The van der Waals surface area contributed by atoms with Crippen LogP contribution in [0.2, 0.25) is 0 Å². The van der Waals surface area contributed by atoms with Crippen molar-refractivity contribution in [2.24, 2.45) is 0 Å². The summed E-state index contributed by atoms with van der Waals surface area (Å²) in [7, 11) is -1.33. The third kappa shape index (κ3) is 3.69. The van der Waals surface area contributed by atoms with Gasteiger partial charge in [-0.3, -0.25) is 8.89 Å². The Labute approximate surface area is 126 Å². The Bertz CT molecular complexity index is 638. The maximum Gasteiger partial charge on any atom is 0.125 e. The minimum absolute atomic E-state index is 0.216. The van der Waals surface area contributed by atoms with Crippen molar-refractivity contribution in [2.45, 2.75) is 43.4 Å². The fraction of sp³-hybridized carbons (Fsp3) is 0.400. The van der Waals surface area contributed by atoms with E-state index in [1.54, 1.807) is 0 Å². The monoisotopic (exact) mass is 309 g/mol. The van der Waals surface area contributed by atoms with Crippen molar-refractivity contribution < 1.29 is 8.60 Å². The molecule has 0 fully saturated rings. The van der Waals surface area contributed by atoms with Crippen molar-refractivity contribution in [2.75, 3.05) is 5.73 Å². The summed E-state index contributed by atoms with van der Waals surface area (Å²) >= 11 is 0. The SMILES string of the molecule is CCC(CC)n1ccc(CS(=O)c2ccc(F)cc2N)n1. The van der Waals surface area contributed by atoms with Crippen LogP contribution in [-0.4, -0.2) is 14.0 Å². The van der Waals surface area contributed by atoms with Crippen molar-refractivity contribution in [1.82, 2.24) is 9.78 Å². The largest absolute Gasteiger partial charge is 0.398 e. The molecule has 21 heavy (non-hydrogen) atoms. The molecule has 0 aliphatic carbocycles. The van der Waals surface area contributed by atoms with E-state index >= 15 is 0 Å². The first-order valence-electron chi connectivity index (χ1n) is 7.02. The van der Waals surface area contributed by atoms with E-state index < -0.39 is 16.6 Å². The van der Waals surface area contributed by atoms with Crippen LogP contribution in [-0.2, 0) is 16.6 Å². The van der Waals surface area contributed by atoms with Crippen LogP contribution in [0, 0.1) is 5.82 Å². The van der Waals surface area contributed by atoms with Crippen LogP contribution in [0.5, 0.6) is 0 Å². The van der Waals surface area contributed by atoms with Crippen LogP contribution in [0.15, 0.2) is 35.4 Å². The smallest absolute Gasteiger partial charge is 0.125 e. The number of anilines is 1. The van der Waals surface area contributed by atoms with E-state index in [0.717, 1.165) is 18.5 Å². The number of hydrogen-bond acceptors (Lipinski definition) is 3. The summed E-state index contributed by atoms with van der Waals surface area (Å²) in [5.74, 6) is -0.144. The van der Waals surface area contributed by atoms with Gasteiger partial charge >= 0.3 is 0 Å². The molecule has 0 bridgehead atoms. The predicted molar refractivity (Wildman–Crippen MR) is 82.8 cm³/mol. The highest BCUT2D eigenvalue weighted by atomic mass is 32.2. The summed E-state index contributed by atoms with van der Waals surface area (Å²) in [5, 5.41) is 4.47. The zero-order chi connectivity index (χ0) is 15.4. The van der Waals surface area contributed by atoms with Crippen molar-refractivity contribution >= 4 is 16.5 Å². The van der Waals surface area contributed by atoms with E-state index in [0.29, 0.717) is 10.9 Å². The Kier molecular flexibility index (Phi) is 5.12. The molecule has 6 heteroatoms. The van der Waals surface area contributed by atoms with Crippen LogP contribution in [0.3, 0.4) is 0 Å². The van der Waals surface area contributed by atoms with Crippen molar-refractivity contribution in [3.8, 4) is 0 Å². The first-order chi connectivity index (χ1) is 10.0. The minimum Gasteiger partial charge on any atom is -0.398 e. The quantitative estimate of drug-likeness (QED) is 0.833. The van der Waals surface area contributed by atoms with Crippen molar-refractivity contribution in [3.63, 3.8) is 0 Å². The zero-order valence-electron chi connectivity index (χ0n) is 12.3. The normalized spacial score (nSPS) is 12.8. The molecular formula is C15H20FN3OS. The van der Waals surface area contributed by atoms with Crippen molar-refractivity contribution in [3.05, 3.63) is 42.0 Å². The molecule has 1 unspecified atom stereocenters. The molecule has 1 heterocycles. The number of halogens is 1. The summed E-state index contributed by atoms with van der Waals surface area (Å²) in [6.07, 6.45) is 3.93. The number of hydrogen-bond donors (Lipinski definition) is 1. The minimum atomic E-state index is -1.33.